The third-order valence-electron chi connectivity index (χ3n) is 3.13. The first-order valence-corrected chi connectivity index (χ1v) is 7.47. The van der Waals surface area contributed by atoms with Gasteiger partial charge in [-0.2, -0.15) is 0 Å². The van der Waals surface area contributed by atoms with Gasteiger partial charge in [-0.15, -0.1) is 0 Å². The van der Waals surface area contributed by atoms with Crippen molar-refractivity contribution in [3.8, 4) is 0 Å². The Bertz CT molecular complexity index is 900. The van der Waals surface area contributed by atoms with Gasteiger partial charge in [-0.3, -0.25) is 14.9 Å². The van der Waals surface area contributed by atoms with Crippen molar-refractivity contribution < 1.29 is 33.2 Å². The average Bonchev–Trinajstić information content (AvgIpc) is 3.14. The number of furan rings is 1. The number of ether oxygens (including phenoxy) is 2. The molecule has 1 aromatic carbocycles. The Labute approximate surface area is 152 Å². The summed E-state index contributed by atoms with van der Waals surface area (Å²) in [5.41, 5.74) is 0.364. The summed E-state index contributed by atoms with van der Waals surface area (Å²) < 4.78 is 14.2. The van der Waals surface area contributed by atoms with E-state index in [-0.39, 0.29) is 17.0 Å². The molecule has 1 aromatic heterocycles. The van der Waals surface area contributed by atoms with Gasteiger partial charge >= 0.3 is 17.8 Å². The van der Waals surface area contributed by atoms with Crippen LogP contribution in [0.4, 0.5) is 11.6 Å². The Balaban J connectivity index is 1.88. The molecule has 0 spiro atoms. The zero-order valence-corrected chi connectivity index (χ0v) is 14.0. The van der Waals surface area contributed by atoms with Crippen LogP contribution in [0.15, 0.2) is 46.9 Å². The van der Waals surface area contributed by atoms with E-state index < -0.39 is 35.3 Å². The Morgan fingerprint density at radius 3 is 2.63 bits per heavy atom. The van der Waals surface area contributed by atoms with Crippen LogP contribution >= 0.6 is 0 Å². The number of nitrogens with one attached hydrogen (secondary N) is 1. The third-order valence-corrected chi connectivity index (χ3v) is 3.13. The number of nitro groups is 1. The highest BCUT2D eigenvalue weighted by Gasteiger charge is 2.14. The minimum absolute atomic E-state index is 0.0788. The molecule has 1 amide bonds. The lowest BCUT2D eigenvalue weighted by molar-refractivity contribution is -0.402. The molecular formula is C17H14N2O8. The van der Waals surface area contributed by atoms with Gasteiger partial charge < -0.3 is 19.2 Å². The van der Waals surface area contributed by atoms with Crippen LogP contribution in [0.1, 0.15) is 16.1 Å². The van der Waals surface area contributed by atoms with Crippen LogP contribution in [0, 0.1) is 10.1 Å². The summed E-state index contributed by atoms with van der Waals surface area (Å²) in [6.07, 6.45) is 2.12. The molecule has 0 saturated heterocycles. The highest BCUT2D eigenvalue weighted by molar-refractivity contribution is 6.02. The lowest BCUT2D eigenvalue weighted by atomic mass is 10.2. The van der Waals surface area contributed by atoms with Gasteiger partial charge in [0.15, 0.2) is 6.61 Å². The maximum Gasteiger partial charge on any atom is 0.433 e. The molecule has 10 heteroatoms. The van der Waals surface area contributed by atoms with E-state index in [1.165, 1.54) is 31.4 Å². The number of hydrogen-bond acceptors (Lipinski definition) is 8. The minimum Gasteiger partial charge on any atom is -0.465 e. The summed E-state index contributed by atoms with van der Waals surface area (Å²) in [5.74, 6) is -2.53. The quantitative estimate of drug-likeness (QED) is 0.337. The lowest BCUT2D eigenvalue weighted by Gasteiger charge is -2.09. The number of amides is 1. The van der Waals surface area contributed by atoms with Crippen molar-refractivity contribution in [1.82, 2.24) is 0 Å². The second kappa shape index (κ2) is 8.94. The molecule has 140 valence electrons. The van der Waals surface area contributed by atoms with Crippen LogP contribution in [0.3, 0.4) is 0 Å². The molecule has 1 N–H and O–H groups in total. The number of methoxy groups -OCH3 is 1. The molecule has 0 fully saturated rings. The fourth-order valence-electron chi connectivity index (χ4n) is 1.93. The van der Waals surface area contributed by atoms with Gasteiger partial charge in [-0.1, -0.05) is 12.1 Å². The van der Waals surface area contributed by atoms with E-state index in [2.05, 4.69) is 10.1 Å². The van der Waals surface area contributed by atoms with Crippen LogP contribution in [-0.2, 0) is 19.1 Å². The van der Waals surface area contributed by atoms with Crippen molar-refractivity contribution in [2.75, 3.05) is 19.0 Å². The van der Waals surface area contributed by atoms with Crippen LogP contribution in [-0.4, -0.2) is 36.5 Å². The maximum atomic E-state index is 11.9. The van der Waals surface area contributed by atoms with Crippen molar-refractivity contribution >= 4 is 35.5 Å². The number of anilines is 1. The first-order chi connectivity index (χ1) is 12.9. The Morgan fingerprint density at radius 2 is 1.96 bits per heavy atom. The number of nitrogens with zero attached hydrogens (tertiary/aromatic N) is 1. The molecule has 2 rings (SSSR count). The van der Waals surface area contributed by atoms with Gasteiger partial charge in [0.05, 0.1) is 24.4 Å². The summed E-state index contributed by atoms with van der Waals surface area (Å²) in [6, 6.07) is 8.62. The molecule has 1 heterocycles. The molecule has 0 aliphatic heterocycles. The zero-order chi connectivity index (χ0) is 19.8. The van der Waals surface area contributed by atoms with Crippen LogP contribution in [0.2, 0.25) is 0 Å². The molecule has 0 radical (unpaired) electrons. The molecule has 27 heavy (non-hydrogen) atoms. The number of rotatable bonds is 7. The molecule has 0 bridgehead atoms. The predicted octanol–water partition coefficient (Wildman–Crippen LogP) is 2.17. The summed E-state index contributed by atoms with van der Waals surface area (Å²) in [6.45, 7) is -0.600. The molecule has 0 saturated carbocycles. The smallest absolute Gasteiger partial charge is 0.433 e. The number of carbonyl (C=O) groups excluding carboxylic acids is 3. The number of esters is 2. The second-order valence-electron chi connectivity index (χ2n) is 4.96. The van der Waals surface area contributed by atoms with E-state index in [9.17, 15) is 24.5 Å². The minimum atomic E-state index is -0.856. The number of para-hydroxylation sites is 1. The molecule has 0 unspecified atom stereocenters. The molecular weight excluding hydrogens is 360 g/mol. The third kappa shape index (κ3) is 5.53. The van der Waals surface area contributed by atoms with E-state index in [0.29, 0.717) is 0 Å². The second-order valence-corrected chi connectivity index (χ2v) is 4.96. The van der Waals surface area contributed by atoms with Crippen molar-refractivity contribution in [2.45, 2.75) is 0 Å². The van der Waals surface area contributed by atoms with Gasteiger partial charge in [0.2, 0.25) is 0 Å². The first kappa shape index (κ1) is 19.4. The predicted molar refractivity (Wildman–Crippen MR) is 91.8 cm³/mol. The number of benzene rings is 1. The maximum absolute atomic E-state index is 11.9. The van der Waals surface area contributed by atoms with Crippen LogP contribution in [0.5, 0.6) is 0 Å². The van der Waals surface area contributed by atoms with Gasteiger partial charge in [0.25, 0.3) is 5.91 Å². The van der Waals surface area contributed by atoms with Crippen LogP contribution < -0.4 is 5.32 Å². The summed E-state index contributed by atoms with van der Waals surface area (Å²) in [5, 5.41) is 12.9. The van der Waals surface area contributed by atoms with Gasteiger partial charge in [-0.25, -0.2) is 9.59 Å². The van der Waals surface area contributed by atoms with Gasteiger partial charge in [0.1, 0.15) is 10.7 Å². The first-order valence-electron chi connectivity index (χ1n) is 7.47. The highest BCUT2D eigenvalue weighted by Crippen LogP contribution is 2.17. The van der Waals surface area contributed by atoms with Gasteiger partial charge in [0, 0.05) is 6.08 Å². The fraction of sp³-hybridized carbons (Fsp3) is 0.118. The highest BCUT2D eigenvalue weighted by atomic mass is 16.6. The van der Waals surface area contributed by atoms with Crippen molar-refractivity contribution in [3.05, 3.63) is 63.9 Å². The number of carbonyl (C=O) groups is 3. The lowest BCUT2D eigenvalue weighted by Crippen LogP contribution is -2.21. The molecule has 2 aromatic rings. The van der Waals surface area contributed by atoms with Crippen molar-refractivity contribution in [2.24, 2.45) is 0 Å². The largest absolute Gasteiger partial charge is 0.465 e. The number of hydrogen-bond donors (Lipinski definition) is 1. The Hall–Kier alpha value is -3.95. The Kier molecular flexibility index (Phi) is 6.42. The van der Waals surface area contributed by atoms with Crippen molar-refractivity contribution in [1.29, 1.82) is 0 Å². The standard InChI is InChI=1S/C17H14N2O8/c1-25-17(22)12-4-2-3-5-13(12)18-14(20)10-26-16(21)9-7-11-6-8-15(27-11)19(23)24/h2-9H,10H2,1H3,(H,18,20)/b9-7+. The van der Waals surface area contributed by atoms with E-state index in [0.717, 1.165) is 12.1 Å². The summed E-state index contributed by atoms with van der Waals surface area (Å²) in [7, 11) is 1.21. The molecule has 0 atom stereocenters. The summed E-state index contributed by atoms with van der Waals surface area (Å²) >= 11 is 0. The van der Waals surface area contributed by atoms with Crippen LogP contribution in [0.25, 0.3) is 6.08 Å². The van der Waals surface area contributed by atoms with Crippen molar-refractivity contribution in [3.63, 3.8) is 0 Å². The SMILES string of the molecule is COC(=O)c1ccccc1NC(=O)COC(=O)/C=C/c1ccc([N+](=O)[O-])o1. The average molecular weight is 374 g/mol. The van der Waals surface area contributed by atoms with E-state index in [4.69, 9.17) is 9.15 Å². The summed E-state index contributed by atoms with van der Waals surface area (Å²) in [4.78, 5) is 44.9. The molecule has 0 aliphatic carbocycles. The van der Waals surface area contributed by atoms with Gasteiger partial charge in [-0.05, 0) is 24.3 Å². The fourth-order valence-corrected chi connectivity index (χ4v) is 1.93. The van der Waals surface area contributed by atoms with E-state index >= 15 is 0 Å². The Morgan fingerprint density at radius 1 is 1.22 bits per heavy atom. The molecule has 10 nitrogen and oxygen atoms in total. The monoisotopic (exact) mass is 374 g/mol. The van der Waals surface area contributed by atoms with E-state index in [1.54, 1.807) is 12.1 Å². The topological polar surface area (TPSA) is 138 Å². The molecule has 0 aliphatic rings. The zero-order valence-electron chi connectivity index (χ0n) is 14.0. The van der Waals surface area contributed by atoms with E-state index in [1.807, 2.05) is 0 Å². The normalized spacial score (nSPS) is 10.4.